The first-order valence-corrected chi connectivity index (χ1v) is 9.26. The van der Waals surface area contributed by atoms with Gasteiger partial charge in [-0.3, -0.25) is 4.99 Å². The van der Waals surface area contributed by atoms with E-state index in [0.717, 1.165) is 35.7 Å². The molecule has 0 unspecified atom stereocenters. The zero-order valence-electron chi connectivity index (χ0n) is 12.6. The Morgan fingerprint density at radius 2 is 2.09 bits per heavy atom. The molecule has 2 aromatic heterocycles. The number of aliphatic imine (C=N–C) groups is 1. The molecule has 22 heavy (non-hydrogen) atoms. The van der Waals surface area contributed by atoms with E-state index < -0.39 is 0 Å². The van der Waals surface area contributed by atoms with Crippen molar-refractivity contribution in [3.8, 4) is 0 Å². The first-order valence-electron chi connectivity index (χ1n) is 6.83. The minimum Gasteiger partial charge on any atom is -0.356 e. The van der Waals surface area contributed by atoms with Crippen molar-refractivity contribution in [1.82, 2.24) is 15.6 Å². The maximum atomic E-state index is 4.42. The number of aromatic nitrogens is 1. The smallest absolute Gasteiger partial charge is 0.191 e. The van der Waals surface area contributed by atoms with E-state index in [9.17, 15) is 0 Å². The Balaban J connectivity index is 0.00000242. The Hall–Kier alpha value is -0.190. The van der Waals surface area contributed by atoms with Crippen molar-refractivity contribution in [2.45, 2.75) is 26.3 Å². The zero-order valence-corrected chi connectivity index (χ0v) is 18.1. The van der Waals surface area contributed by atoms with Gasteiger partial charge in [-0.1, -0.05) is 6.92 Å². The van der Waals surface area contributed by atoms with E-state index in [1.54, 1.807) is 29.7 Å². The zero-order chi connectivity index (χ0) is 15.1. The van der Waals surface area contributed by atoms with Crippen LogP contribution in [0.3, 0.4) is 0 Å². The molecule has 0 saturated heterocycles. The average Bonchev–Trinajstić information content (AvgIpc) is 3.11. The van der Waals surface area contributed by atoms with Gasteiger partial charge in [-0.2, -0.15) is 0 Å². The number of thiophene rings is 1. The first kappa shape index (κ1) is 19.9. The number of thiazole rings is 1. The van der Waals surface area contributed by atoms with Gasteiger partial charge in [0.05, 0.1) is 15.3 Å². The fourth-order valence-corrected chi connectivity index (χ4v) is 4.04. The van der Waals surface area contributed by atoms with Gasteiger partial charge >= 0.3 is 0 Å². The summed E-state index contributed by atoms with van der Waals surface area (Å²) in [7, 11) is 1.79. The van der Waals surface area contributed by atoms with E-state index >= 15 is 0 Å². The van der Waals surface area contributed by atoms with Crippen LogP contribution in [-0.4, -0.2) is 24.5 Å². The van der Waals surface area contributed by atoms with Crippen molar-refractivity contribution in [3.05, 3.63) is 36.9 Å². The van der Waals surface area contributed by atoms with E-state index in [1.807, 2.05) is 6.20 Å². The van der Waals surface area contributed by atoms with Crippen LogP contribution in [0.2, 0.25) is 0 Å². The van der Waals surface area contributed by atoms with Gasteiger partial charge in [0.25, 0.3) is 0 Å². The summed E-state index contributed by atoms with van der Waals surface area (Å²) in [6, 6.07) is 4.17. The second-order valence-corrected chi connectivity index (χ2v) is 8.13. The van der Waals surface area contributed by atoms with Crippen molar-refractivity contribution in [2.75, 3.05) is 13.6 Å². The van der Waals surface area contributed by atoms with Crippen molar-refractivity contribution in [1.29, 1.82) is 0 Å². The van der Waals surface area contributed by atoms with Gasteiger partial charge in [-0.25, -0.2) is 4.98 Å². The third-order valence-electron chi connectivity index (χ3n) is 2.86. The number of aryl methyl sites for hydroxylation is 1. The molecule has 0 aliphatic rings. The number of halogens is 2. The molecule has 122 valence electrons. The van der Waals surface area contributed by atoms with Crippen LogP contribution >= 0.6 is 62.6 Å². The van der Waals surface area contributed by atoms with Crippen LogP contribution in [0, 0.1) is 0 Å². The second kappa shape index (κ2) is 10.6. The highest BCUT2D eigenvalue weighted by Crippen LogP contribution is 2.21. The highest BCUT2D eigenvalue weighted by Gasteiger charge is 2.03. The number of hydrogen-bond donors (Lipinski definition) is 2. The van der Waals surface area contributed by atoms with Gasteiger partial charge < -0.3 is 10.6 Å². The molecule has 0 saturated carbocycles. The lowest BCUT2D eigenvalue weighted by atomic mass is 10.4. The largest absolute Gasteiger partial charge is 0.356 e. The Kier molecular flexibility index (Phi) is 9.53. The summed E-state index contributed by atoms with van der Waals surface area (Å²) in [4.78, 5) is 11.3. The first-order chi connectivity index (χ1) is 10.2. The summed E-state index contributed by atoms with van der Waals surface area (Å²) >= 11 is 6.99. The number of nitrogens with one attached hydrogen (secondary N) is 2. The molecular formula is C14H20BrIN4S2. The van der Waals surface area contributed by atoms with E-state index in [1.165, 1.54) is 14.8 Å². The maximum absolute atomic E-state index is 4.42. The molecule has 0 radical (unpaired) electrons. The van der Waals surface area contributed by atoms with Gasteiger partial charge in [-0.15, -0.1) is 46.7 Å². The number of nitrogens with zero attached hydrogens (tertiary/aromatic N) is 2. The van der Waals surface area contributed by atoms with Crippen LogP contribution < -0.4 is 10.6 Å². The van der Waals surface area contributed by atoms with Crippen LogP contribution in [0.5, 0.6) is 0 Å². The summed E-state index contributed by atoms with van der Waals surface area (Å²) in [6.07, 6.45) is 3.96. The fraction of sp³-hybridized carbons (Fsp3) is 0.429. The van der Waals surface area contributed by atoms with Crippen LogP contribution in [0.15, 0.2) is 27.1 Å². The number of rotatable bonds is 6. The molecule has 0 spiro atoms. The molecular weight excluding hydrogens is 495 g/mol. The monoisotopic (exact) mass is 514 g/mol. The Bertz CT molecular complexity index is 597. The molecule has 4 nitrogen and oxygen atoms in total. The van der Waals surface area contributed by atoms with Gasteiger partial charge in [0, 0.05) is 36.0 Å². The van der Waals surface area contributed by atoms with Crippen molar-refractivity contribution < 1.29 is 0 Å². The van der Waals surface area contributed by atoms with Crippen LogP contribution in [0.1, 0.15) is 21.7 Å². The van der Waals surface area contributed by atoms with E-state index in [-0.39, 0.29) is 24.0 Å². The predicted octanol–water partition coefficient (Wildman–Crippen LogP) is 4.06. The Morgan fingerprint density at radius 3 is 2.68 bits per heavy atom. The quantitative estimate of drug-likeness (QED) is 0.347. The van der Waals surface area contributed by atoms with Crippen molar-refractivity contribution >= 4 is 68.5 Å². The maximum Gasteiger partial charge on any atom is 0.191 e. The third-order valence-corrected chi connectivity index (χ3v) is 5.69. The highest BCUT2D eigenvalue weighted by atomic mass is 127. The summed E-state index contributed by atoms with van der Waals surface area (Å²) in [5, 5.41) is 7.81. The van der Waals surface area contributed by atoms with Crippen molar-refractivity contribution in [3.63, 3.8) is 0 Å². The molecule has 0 amide bonds. The molecule has 0 fully saturated rings. The summed E-state index contributed by atoms with van der Waals surface area (Å²) in [5.41, 5.74) is 0. The van der Waals surface area contributed by atoms with Gasteiger partial charge in [0.1, 0.15) is 0 Å². The Labute approximate surface area is 165 Å². The minimum atomic E-state index is 0. The van der Waals surface area contributed by atoms with E-state index in [2.05, 4.69) is 55.6 Å². The molecule has 0 aliphatic carbocycles. The molecule has 2 heterocycles. The second-order valence-electron chi connectivity index (χ2n) is 4.38. The average molecular weight is 515 g/mol. The number of guanidine groups is 1. The molecule has 8 heteroatoms. The van der Waals surface area contributed by atoms with Crippen molar-refractivity contribution in [2.24, 2.45) is 4.99 Å². The van der Waals surface area contributed by atoms with Gasteiger partial charge in [-0.05, 0) is 34.5 Å². The molecule has 2 N–H and O–H groups in total. The minimum absolute atomic E-state index is 0. The molecule has 2 rings (SSSR count). The molecule has 0 aromatic carbocycles. The van der Waals surface area contributed by atoms with E-state index in [4.69, 9.17) is 0 Å². The van der Waals surface area contributed by atoms with Crippen LogP contribution in [0.4, 0.5) is 0 Å². The SMILES string of the molecule is CCc1cnc(CCNC(=NC)NCc2ccc(Br)s2)s1.I. The standard InChI is InChI=1S/C14H19BrN4S2.HI/c1-3-10-8-18-13(21-10)6-7-17-14(16-2)19-9-11-4-5-12(15)20-11;/h4-5,8H,3,6-7,9H2,1-2H3,(H2,16,17,19);1H. The molecule has 2 aromatic rings. The van der Waals surface area contributed by atoms with Gasteiger partial charge in [0.2, 0.25) is 0 Å². The van der Waals surface area contributed by atoms with Crippen LogP contribution in [0.25, 0.3) is 0 Å². The highest BCUT2D eigenvalue weighted by molar-refractivity contribution is 14.0. The molecule has 0 atom stereocenters. The third kappa shape index (κ3) is 6.51. The summed E-state index contributed by atoms with van der Waals surface area (Å²) in [6.45, 7) is 3.78. The summed E-state index contributed by atoms with van der Waals surface area (Å²) in [5.74, 6) is 0.826. The summed E-state index contributed by atoms with van der Waals surface area (Å²) < 4.78 is 1.15. The molecule has 0 bridgehead atoms. The van der Waals surface area contributed by atoms with Gasteiger partial charge in [0.15, 0.2) is 5.96 Å². The lowest BCUT2D eigenvalue weighted by Gasteiger charge is -2.10. The Morgan fingerprint density at radius 1 is 1.27 bits per heavy atom. The lowest BCUT2D eigenvalue weighted by molar-refractivity contribution is 0.796. The lowest BCUT2D eigenvalue weighted by Crippen LogP contribution is -2.37. The van der Waals surface area contributed by atoms with E-state index in [0.29, 0.717) is 0 Å². The molecule has 0 aliphatic heterocycles. The topological polar surface area (TPSA) is 49.3 Å². The predicted molar refractivity (Wildman–Crippen MR) is 111 cm³/mol. The number of hydrogen-bond acceptors (Lipinski definition) is 4. The fourth-order valence-electron chi connectivity index (χ4n) is 1.75. The normalized spacial score (nSPS) is 11.1. The van der Waals surface area contributed by atoms with Crippen LogP contribution in [-0.2, 0) is 19.4 Å².